The highest BCUT2D eigenvalue weighted by Crippen LogP contribution is 2.58. The fourth-order valence-electron chi connectivity index (χ4n) is 4.96. The van der Waals surface area contributed by atoms with Crippen LogP contribution in [0.5, 0.6) is 0 Å². The predicted octanol–water partition coefficient (Wildman–Crippen LogP) is 2.02. The van der Waals surface area contributed by atoms with Crippen LogP contribution in [0.4, 0.5) is 5.69 Å². The molecule has 0 N–H and O–H groups in total. The van der Waals surface area contributed by atoms with Crippen LogP contribution in [0.3, 0.4) is 0 Å². The molecule has 0 bridgehead atoms. The SMILES string of the molecule is Cn1cnc2ncn(Cc3nc([C@H]4[C@@H]5CN(c6ccc7ncsc7c6)C[C@@H]54)no3)c(=O)c21. The summed E-state index contributed by atoms with van der Waals surface area (Å²) in [5, 5.41) is 4.22. The monoisotopic (exact) mass is 446 g/mol. The van der Waals surface area contributed by atoms with Gasteiger partial charge < -0.3 is 14.0 Å². The first-order chi connectivity index (χ1) is 15.7. The number of piperidine rings is 1. The Labute approximate surface area is 185 Å². The molecule has 2 fully saturated rings. The maximum absolute atomic E-state index is 12.7. The quantitative estimate of drug-likeness (QED) is 0.413. The van der Waals surface area contributed by atoms with E-state index < -0.39 is 0 Å². The van der Waals surface area contributed by atoms with Gasteiger partial charge in [0.05, 0.1) is 22.1 Å². The zero-order chi connectivity index (χ0) is 21.4. The topological polar surface area (TPSA) is 108 Å². The highest BCUT2D eigenvalue weighted by molar-refractivity contribution is 7.16. The van der Waals surface area contributed by atoms with Crippen molar-refractivity contribution in [3.05, 3.63) is 58.4 Å². The van der Waals surface area contributed by atoms with Crippen molar-refractivity contribution in [1.82, 2.24) is 34.2 Å². The molecule has 7 rings (SSSR count). The second-order valence-corrected chi connectivity index (χ2v) is 9.40. The van der Waals surface area contributed by atoms with Crippen LogP contribution < -0.4 is 10.5 Å². The van der Waals surface area contributed by atoms with E-state index in [1.807, 2.05) is 5.51 Å². The highest BCUT2D eigenvalue weighted by Gasteiger charge is 2.58. The molecule has 0 spiro atoms. The van der Waals surface area contributed by atoms with Gasteiger partial charge in [0.25, 0.3) is 5.56 Å². The lowest BCUT2D eigenvalue weighted by Crippen LogP contribution is -2.23. The molecule has 1 aliphatic heterocycles. The Balaban J connectivity index is 1.07. The van der Waals surface area contributed by atoms with Crippen molar-refractivity contribution < 1.29 is 4.52 Å². The number of aryl methyl sites for hydroxylation is 1. The molecule has 1 aliphatic carbocycles. The molecule has 11 heteroatoms. The fourth-order valence-corrected chi connectivity index (χ4v) is 5.67. The van der Waals surface area contributed by atoms with Crippen LogP contribution >= 0.6 is 11.3 Å². The largest absolute Gasteiger partial charge is 0.371 e. The van der Waals surface area contributed by atoms with Gasteiger partial charge in [0.15, 0.2) is 17.0 Å². The van der Waals surface area contributed by atoms with Gasteiger partial charge in [-0.05, 0) is 30.0 Å². The molecular weight excluding hydrogens is 428 g/mol. The standard InChI is InChI=1S/C21H18N8O2S/c1-27-8-22-20-18(27)21(30)29(9-23-20)7-16-25-19(26-31-16)17-12-5-28(6-13(12)17)11-2-3-14-15(4-11)32-10-24-14/h2-4,8-10,12-13,17H,5-7H2,1H3/t12-,13+,17+. The van der Waals surface area contributed by atoms with E-state index in [4.69, 9.17) is 4.52 Å². The summed E-state index contributed by atoms with van der Waals surface area (Å²) in [4.78, 5) is 32.5. The number of thiazole rings is 1. The summed E-state index contributed by atoms with van der Waals surface area (Å²) < 4.78 is 9.84. The first-order valence-corrected chi connectivity index (χ1v) is 11.3. The summed E-state index contributed by atoms with van der Waals surface area (Å²) in [6.45, 7) is 2.18. The van der Waals surface area contributed by atoms with E-state index in [1.54, 1.807) is 29.3 Å². The van der Waals surface area contributed by atoms with E-state index in [0.29, 0.717) is 34.8 Å². The Hall–Kier alpha value is -3.60. The van der Waals surface area contributed by atoms with Gasteiger partial charge in [0, 0.05) is 31.7 Å². The number of hydrogen-bond acceptors (Lipinski definition) is 9. The second kappa shape index (κ2) is 6.45. The van der Waals surface area contributed by atoms with E-state index in [9.17, 15) is 4.79 Å². The molecule has 1 saturated heterocycles. The van der Waals surface area contributed by atoms with Gasteiger partial charge in [-0.25, -0.2) is 15.0 Å². The van der Waals surface area contributed by atoms with E-state index >= 15 is 0 Å². The van der Waals surface area contributed by atoms with Crippen molar-refractivity contribution in [2.75, 3.05) is 18.0 Å². The summed E-state index contributed by atoms with van der Waals surface area (Å²) >= 11 is 1.67. The van der Waals surface area contributed by atoms with Crippen LogP contribution in [-0.4, -0.2) is 47.3 Å². The normalized spacial score (nSPS) is 22.2. The Morgan fingerprint density at radius 3 is 2.88 bits per heavy atom. The van der Waals surface area contributed by atoms with Crippen molar-refractivity contribution in [2.45, 2.75) is 12.5 Å². The molecule has 4 aromatic heterocycles. The van der Waals surface area contributed by atoms with Gasteiger partial charge in [0.2, 0.25) is 5.89 Å². The molecule has 1 aromatic carbocycles. The van der Waals surface area contributed by atoms with Crippen LogP contribution in [0.2, 0.25) is 0 Å². The van der Waals surface area contributed by atoms with Crippen molar-refractivity contribution in [1.29, 1.82) is 0 Å². The van der Waals surface area contributed by atoms with Gasteiger partial charge in [-0.15, -0.1) is 11.3 Å². The van der Waals surface area contributed by atoms with Crippen molar-refractivity contribution in [3.8, 4) is 0 Å². The number of fused-ring (bicyclic) bond motifs is 3. The van der Waals surface area contributed by atoms with Gasteiger partial charge in [0.1, 0.15) is 12.9 Å². The molecule has 0 amide bonds. The van der Waals surface area contributed by atoms with Crippen LogP contribution in [0.1, 0.15) is 17.6 Å². The molecule has 160 valence electrons. The van der Waals surface area contributed by atoms with Gasteiger partial charge in [-0.2, -0.15) is 4.98 Å². The summed E-state index contributed by atoms with van der Waals surface area (Å²) in [6, 6.07) is 6.47. The van der Waals surface area contributed by atoms with E-state index in [-0.39, 0.29) is 12.1 Å². The third kappa shape index (κ3) is 2.63. The molecule has 32 heavy (non-hydrogen) atoms. The Bertz CT molecular complexity index is 1540. The van der Waals surface area contributed by atoms with E-state index in [2.05, 4.69) is 48.2 Å². The molecule has 0 unspecified atom stereocenters. The van der Waals surface area contributed by atoms with Crippen molar-refractivity contribution >= 4 is 38.4 Å². The Morgan fingerprint density at radius 1 is 1.16 bits per heavy atom. The summed E-state index contributed by atoms with van der Waals surface area (Å²) in [6.07, 6.45) is 3.06. The van der Waals surface area contributed by atoms with Gasteiger partial charge in [-0.3, -0.25) is 9.36 Å². The van der Waals surface area contributed by atoms with Crippen LogP contribution in [-0.2, 0) is 13.6 Å². The maximum atomic E-state index is 12.7. The van der Waals surface area contributed by atoms with Crippen LogP contribution in [0.25, 0.3) is 21.4 Å². The van der Waals surface area contributed by atoms with E-state index in [0.717, 1.165) is 24.4 Å². The minimum atomic E-state index is -0.174. The third-order valence-corrected chi connectivity index (χ3v) is 7.45. The molecule has 5 heterocycles. The molecule has 1 saturated carbocycles. The van der Waals surface area contributed by atoms with E-state index in [1.165, 1.54) is 21.3 Å². The maximum Gasteiger partial charge on any atom is 0.280 e. The number of aromatic nitrogens is 7. The molecule has 10 nitrogen and oxygen atoms in total. The van der Waals surface area contributed by atoms with Crippen LogP contribution in [0.15, 0.2) is 45.7 Å². The first-order valence-electron chi connectivity index (χ1n) is 10.4. The predicted molar refractivity (Wildman–Crippen MR) is 118 cm³/mol. The Morgan fingerprint density at radius 2 is 2.00 bits per heavy atom. The number of anilines is 1. The lowest BCUT2D eigenvalue weighted by atomic mass is 10.2. The van der Waals surface area contributed by atoms with Crippen LogP contribution in [0, 0.1) is 11.8 Å². The average Bonchev–Trinajstić information content (AvgIpc) is 3.38. The zero-order valence-corrected chi connectivity index (χ0v) is 17.9. The van der Waals surface area contributed by atoms with Crippen molar-refractivity contribution in [2.24, 2.45) is 18.9 Å². The fraction of sp³-hybridized carbons (Fsp3) is 0.333. The molecule has 5 aromatic rings. The number of imidazole rings is 1. The van der Waals surface area contributed by atoms with Gasteiger partial charge >= 0.3 is 0 Å². The molecule has 2 aliphatic rings. The number of nitrogens with zero attached hydrogens (tertiary/aromatic N) is 8. The third-order valence-electron chi connectivity index (χ3n) is 6.66. The van der Waals surface area contributed by atoms with Gasteiger partial charge in [-0.1, -0.05) is 5.16 Å². The molecule has 0 radical (unpaired) electrons. The minimum Gasteiger partial charge on any atom is -0.371 e. The lowest BCUT2D eigenvalue weighted by molar-refractivity contribution is 0.363. The zero-order valence-electron chi connectivity index (χ0n) is 17.1. The first kappa shape index (κ1) is 18.0. The summed E-state index contributed by atoms with van der Waals surface area (Å²) in [7, 11) is 1.78. The lowest BCUT2D eigenvalue weighted by Gasteiger charge is -2.21. The minimum absolute atomic E-state index is 0.174. The smallest absolute Gasteiger partial charge is 0.280 e. The number of hydrogen-bond donors (Lipinski definition) is 0. The summed E-state index contributed by atoms with van der Waals surface area (Å²) in [5.41, 5.74) is 4.91. The Kier molecular flexibility index (Phi) is 3.63. The number of benzene rings is 1. The summed E-state index contributed by atoms with van der Waals surface area (Å²) in [5.74, 6) is 2.56. The molecular formula is C21H18N8O2S. The number of rotatable bonds is 4. The molecule has 3 atom stereocenters. The van der Waals surface area contributed by atoms with Crippen molar-refractivity contribution in [3.63, 3.8) is 0 Å². The highest BCUT2D eigenvalue weighted by atomic mass is 32.1. The second-order valence-electron chi connectivity index (χ2n) is 8.51. The average molecular weight is 446 g/mol.